The van der Waals surface area contributed by atoms with Gasteiger partial charge in [-0.1, -0.05) is 0 Å². The Morgan fingerprint density at radius 2 is 2.22 bits per heavy atom. The van der Waals surface area contributed by atoms with E-state index in [1.54, 1.807) is 18.3 Å². The molecule has 1 N–H and O–H groups in total. The van der Waals surface area contributed by atoms with Crippen molar-refractivity contribution >= 4 is 5.91 Å². The van der Waals surface area contributed by atoms with Crippen molar-refractivity contribution in [1.82, 2.24) is 34.9 Å². The number of nitrogens with zero attached hydrogens (tertiary/aromatic N) is 7. The highest BCUT2D eigenvalue weighted by molar-refractivity contribution is 5.97. The number of hydrogen-bond donors (Lipinski definition) is 1. The second-order valence-corrected chi connectivity index (χ2v) is 6.66. The first-order chi connectivity index (χ1) is 13.2. The van der Waals surface area contributed by atoms with Crippen LogP contribution in [-0.4, -0.2) is 58.5 Å². The molecule has 1 fully saturated rings. The van der Waals surface area contributed by atoms with Gasteiger partial charge in [-0.2, -0.15) is 5.10 Å². The molecule has 1 atom stereocenters. The normalized spacial score (nSPS) is 17.2. The molecule has 1 saturated heterocycles. The summed E-state index contributed by atoms with van der Waals surface area (Å²) in [6.45, 7) is 1.45. The van der Waals surface area contributed by atoms with E-state index in [0.29, 0.717) is 12.2 Å². The molecule has 3 heterocycles. The topological polar surface area (TPSA) is 102 Å². The summed E-state index contributed by atoms with van der Waals surface area (Å²) in [7, 11) is 0. The van der Waals surface area contributed by atoms with Crippen LogP contribution in [0.4, 0.5) is 0 Å². The van der Waals surface area contributed by atoms with Crippen LogP contribution in [0.1, 0.15) is 36.0 Å². The Bertz CT molecular complexity index is 893. The number of likely N-dealkylation sites (tertiary alicyclic amines) is 1. The minimum Gasteiger partial charge on any atom is -0.507 e. The van der Waals surface area contributed by atoms with E-state index in [-0.39, 0.29) is 23.3 Å². The summed E-state index contributed by atoms with van der Waals surface area (Å²) >= 11 is 0. The summed E-state index contributed by atoms with van der Waals surface area (Å²) in [5.74, 6) is -0.194. The van der Waals surface area contributed by atoms with E-state index in [1.807, 2.05) is 21.8 Å². The molecule has 27 heavy (non-hydrogen) atoms. The monoisotopic (exact) mass is 367 g/mol. The number of phenols is 1. The Balaban J connectivity index is 1.55. The molecular weight excluding hydrogens is 346 g/mol. The molecule has 0 bridgehead atoms. The van der Waals surface area contributed by atoms with Crippen LogP contribution in [0.25, 0.3) is 5.69 Å². The summed E-state index contributed by atoms with van der Waals surface area (Å²) in [5.41, 5.74) is 0.903. The van der Waals surface area contributed by atoms with Gasteiger partial charge in [-0.3, -0.25) is 9.48 Å². The molecule has 9 nitrogen and oxygen atoms in total. The molecule has 2 aromatic heterocycles. The fraction of sp³-hybridized carbons (Fsp3) is 0.389. The van der Waals surface area contributed by atoms with Crippen LogP contribution in [0.3, 0.4) is 0 Å². The average Bonchev–Trinajstić information content (AvgIpc) is 3.40. The molecule has 1 aromatic carbocycles. The van der Waals surface area contributed by atoms with Gasteiger partial charge >= 0.3 is 0 Å². The lowest BCUT2D eigenvalue weighted by molar-refractivity contribution is 0.0591. The Morgan fingerprint density at radius 1 is 1.30 bits per heavy atom. The van der Waals surface area contributed by atoms with Crippen molar-refractivity contribution in [3.63, 3.8) is 0 Å². The highest BCUT2D eigenvalue weighted by Gasteiger charge is 2.29. The van der Waals surface area contributed by atoms with Crippen molar-refractivity contribution < 1.29 is 9.90 Å². The molecule has 1 aliphatic rings. The van der Waals surface area contributed by atoms with E-state index in [1.165, 1.54) is 17.1 Å². The first kappa shape index (κ1) is 17.2. The predicted molar refractivity (Wildman–Crippen MR) is 96.3 cm³/mol. The fourth-order valence-corrected chi connectivity index (χ4v) is 3.55. The molecule has 1 amide bonds. The number of aromatic hydroxyl groups is 1. The maximum Gasteiger partial charge on any atom is 0.257 e. The number of benzene rings is 1. The quantitative estimate of drug-likeness (QED) is 0.736. The number of carbonyl (C=O) groups is 1. The highest BCUT2D eigenvalue weighted by atomic mass is 16.3. The van der Waals surface area contributed by atoms with Crippen LogP contribution in [-0.2, 0) is 6.54 Å². The molecular formula is C18H21N7O2. The number of phenolic OH excluding ortho intramolecular Hbond substituents is 1. The fourth-order valence-electron chi connectivity index (χ4n) is 3.55. The van der Waals surface area contributed by atoms with Crippen LogP contribution >= 0.6 is 0 Å². The highest BCUT2D eigenvalue weighted by Crippen LogP contribution is 2.27. The minimum atomic E-state index is -0.160. The number of aryl methyl sites for hydroxylation is 1. The number of carbonyl (C=O) groups excluding carboxylic acids is 1. The Labute approximate surface area is 156 Å². The lowest BCUT2D eigenvalue weighted by Crippen LogP contribution is -2.44. The summed E-state index contributed by atoms with van der Waals surface area (Å²) in [6.07, 6.45) is 9.00. The van der Waals surface area contributed by atoms with Crippen LogP contribution in [0.15, 0.2) is 43.0 Å². The van der Waals surface area contributed by atoms with Gasteiger partial charge < -0.3 is 10.0 Å². The number of amides is 1. The molecule has 4 rings (SSSR count). The Morgan fingerprint density at radius 3 is 3.00 bits per heavy atom. The third kappa shape index (κ3) is 3.67. The van der Waals surface area contributed by atoms with Crippen LogP contribution in [0.5, 0.6) is 5.75 Å². The lowest BCUT2D eigenvalue weighted by atomic mass is 9.98. The van der Waals surface area contributed by atoms with E-state index in [9.17, 15) is 9.90 Å². The Kier molecular flexibility index (Phi) is 4.82. The van der Waals surface area contributed by atoms with Crippen LogP contribution in [0, 0.1) is 0 Å². The lowest BCUT2D eigenvalue weighted by Gasteiger charge is -2.36. The maximum atomic E-state index is 13.2. The van der Waals surface area contributed by atoms with E-state index >= 15 is 0 Å². The summed E-state index contributed by atoms with van der Waals surface area (Å²) in [4.78, 5) is 15.1. The SMILES string of the molecule is O=C(c1cc(-n2cnnn2)ccc1O)N1CCCC[C@@H]1CCn1cccn1. The van der Waals surface area contributed by atoms with Gasteiger partial charge in [0.15, 0.2) is 0 Å². The van der Waals surface area contributed by atoms with Gasteiger partial charge in [0.25, 0.3) is 5.91 Å². The third-order valence-electron chi connectivity index (χ3n) is 4.96. The molecule has 3 aromatic rings. The largest absolute Gasteiger partial charge is 0.507 e. The zero-order valence-corrected chi connectivity index (χ0v) is 14.8. The van der Waals surface area contributed by atoms with E-state index < -0.39 is 0 Å². The van der Waals surface area contributed by atoms with Crippen molar-refractivity contribution in [2.45, 2.75) is 38.3 Å². The van der Waals surface area contributed by atoms with Crippen molar-refractivity contribution in [1.29, 1.82) is 0 Å². The smallest absolute Gasteiger partial charge is 0.257 e. The van der Waals surface area contributed by atoms with Crippen molar-refractivity contribution in [2.75, 3.05) is 6.54 Å². The molecule has 140 valence electrons. The summed E-state index contributed by atoms with van der Waals surface area (Å²) in [5, 5.41) is 25.6. The Hall–Kier alpha value is -3.23. The van der Waals surface area contributed by atoms with Crippen molar-refractivity contribution in [3.8, 4) is 11.4 Å². The molecule has 9 heteroatoms. The van der Waals surface area contributed by atoms with E-state index in [2.05, 4.69) is 20.6 Å². The number of piperidine rings is 1. The molecule has 0 spiro atoms. The summed E-state index contributed by atoms with van der Waals surface area (Å²) in [6, 6.07) is 6.84. The zero-order chi connectivity index (χ0) is 18.6. The standard InChI is InChI=1S/C18H21N7O2/c26-17-6-5-15(25-13-19-21-22-25)12-16(17)18(27)24-10-2-1-4-14(24)7-11-23-9-3-8-20-23/h3,5-6,8-9,12-14,26H,1-2,4,7,10-11H2/t14-/m1/s1. The number of hydrogen-bond acceptors (Lipinski definition) is 6. The maximum absolute atomic E-state index is 13.2. The second kappa shape index (κ2) is 7.56. The van der Waals surface area contributed by atoms with Crippen LogP contribution < -0.4 is 0 Å². The van der Waals surface area contributed by atoms with Crippen LogP contribution in [0.2, 0.25) is 0 Å². The number of rotatable bonds is 5. The van der Waals surface area contributed by atoms with Crippen molar-refractivity contribution in [3.05, 3.63) is 48.5 Å². The molecule has 0 radical (unpaired) electrons. The van der Waals surface area contributed by atoms with Gasteiger partial charge in [0, 0.05) is 31.5 Å². The van der Waals surface area contributed by atoms with Gasteiger partial charge in [0.1, 0.15) is 12.1 Å². The number of tetrazole rings is 1. The molecule has 0 unspecified atom stereocenters. The van der Waals surface area contributed by atoms with E-state index in [0.717, 1.165) is 32.2 Å². The molecule has 1 aliphatic heterocycles. The first-order valence-electron chi connectivity index (χ1n) is 9.07. The van der Waals surface area contributed by atoms with Gasteiger partial charge in [0.2, 0.25) is 0 Å². The molecule has 0 saturated carbocycles. The minimum absolute atomic E-state index is 0.0341. The van der Waals surface area contributed by atoms with Crippen molar-refractivity contribution in [2.24, 2.45) is 0 Å². The van der Waals surface area contributed by atoms with Gasteiger partial charge in [-0.15, -0.1) is 5.10 Å². The summed E-state index contributed by atoms with van der Waals surface area (Å²) < 4.78 is 3.34. The van der Waals surface area contributed by atoms with E-state index in [4.69, 9.17) is 0 Å². The third-order valence-corrected chi connectivity index (χ3v) is 4.96. The predicted octanol–water partition coefficient (Wildman–Crippen LogP) is 1.65. The second-order valence-electron chi connectivity index (χ2n) is 6.66. The van der Waals surface area contributed by atoms with Gasteiger partial charge in [0.05, 0.1) is 11.3 Å². The number of aromatic nitrogens is 6. The van der Waals surface area contributed by atoms with Gasteiger partial charge in [-0.25, -0.2) is 4.68 Å². The van der Waals surface area contributed by atoms with Gasteiger partial charge in [-0.05, 0) is 60.4 Å². The first-order valence-corrected chi connectivity index (χ1v) is 9.07. The average molecular weight is 367 g/mol. The zero-order valence-electron chi connectivity index (χ0n) is 14.8. The molecule has 0 aliphatic carbocycles.